The lowest BCUT2D eigenvalue weighted by molar-refractivity contribution is -0.138. The molecule has 0 aliphatic heterocycles. The number of carbonyl (C=O) groups excluding carboxylic acids is 3. The molecule has 3 amide bonds. The Kier molecular flexibility index (Phi) is 13.2. The number of nitrogens with one attached hydrogen (secondary N) is 3. The van der Waals surface area contributed by atoms with Crippen molar-refractivity contribution in [3.05, 3.63) is 0 Å². The molecule has 13 heteroatoms. The van der Waals surface area contributed by atoms with Crippen LogP contribution < -0.4 is 33.2 Å². The maximum Gasteiger partial charge on any atom is 0.322 e. The highest BCUT2D eigenvalue weighted by Gasteiger charge is 2.27. The molecule has 0 fully saturated rings. The average Bonchev–Trinajstić information content (AvgIpc) is 2.65. The van der Waals surface area contributed by atoms with Crippen LogP contribution in [0.5, 0.6) is 0 Å². The third-order valence-corrected chi connectivity index (χ3v) is 4.23. The number of guanidine groups is 1. The van der Waals surface area contributed by atoms with Gasteiger partial charge in [-0.1, -0.05) is 13.8 Å². The topological polar surface area (TPSA) is 215 Å². The van der Waals surface area contributed by atoms with E-state index in [-0.39, 0.29) is 30.6 Å². The highest BCUT2D eigenvalue weighted by Crippen LogP contribution is 2.04. The van der Waals surface area contributed by atoms with E-state index in [1.165, 1.54) is 0 Å². The molecule has 0 saturated carbocycles. The molecule has 10 N–H and O–H groups in total. The van der Waals surface area contributed by atoms with E-state index >= 15 is 0 Å². The summed E-state index contributed by atoms with van der Waals surface area (Å²) in [5.41, 5.74) is 16.3. The van der Waals surface area contributed by atoms with Crippen LogP contribution in [0.3, 0.4) is 0 Å². The molecule has 0 aromatic rings. The summed E-state index contributed by atoms with van der Waals surface area (Å²) >= 11 is 4.08. The molecular weight excluding hydrogens is 414 g/mol. The first-order valence-corrected chi connectivity index (χ1v) is 10.1. The number of aliphatic imine (C=N–C) groups is 1. The van der Waals surface area contributed by atoms with Gasteiger partial charge in [0.05, 0.1) is 6.04 Å². The Balaban J connectivity index is 5.05. The van der Waals surface area contributed by atoms with Crippen molar-refractivity contribution in [1.82, 2.24) is 16.0 Å². The summed E-state index contributed by atoms with van der Waals surface area (Å²) < 4.78 is 0. The first-order valence-electron chi connectivity index (χ1n) is 9.50. The van der Waals surface area contributed by atoms with Crippen LogP contribution in [0.4, 0.5) is 0 Å². The van der Waals surface area contributed by atoms with Gasteiger partial charge in [-0.3, -0.25) is 24.2 Å². The zero-order valence-corrected chi connectivity index (χ0v) is 18.2. The van der Waals surface area contributed by atoms with E-state index in [0.717, 1.165) is 0 Å². The van der Waals surface area contributed by atoms with Crippen molar-refractivity contribution in [2.24, 2.45) is 28.1 Å². The Hall–Kier alpha value is -2.54. The van der Waals surface area contributed by atoms with Crippen molar-refractivity contribution in [1.29, 1.82) is 0 Å². The van der Waals surface area contributed by atoms with Gasteiger partial charge < -0.3 is 38.3 Å². The molecule has 30 heavy (non-hydrogen) atoms. The second-order valence-corrected chi connectivity index (χ2v) is 7.47. The molecule has 0 aromatic heterocycles. The minimum absolute atomic E-state index is 0.0244. The summed E-state index contributed by atoms with van der Waals surface area (Å²) in [4.78, 5) is 51.5. The third-order valence-electron chi connectivity index (χ3n) is 3.87. The molecule has 0 radical (unpaired) electrons. The highest BCUT2D eigenvalue weighted by molar-refractivity contribution is 7.80. The van der Waals surface area contributed by atoms with Gasteiger partial charge in [0, 0.05) is 12.3 Å². The molecule has 0 heterocycles. The number of amides is 3. The van der Waals surface area contributed by atoms with Gasteiger partial charge in [-0.2, -0.15) is 12.6 Å². The number of hydrogen-bond donors (Lipinski definition) is 8. The van der Waals surface area contributed by atoms with E-state index < -0.39 is 48.4 Å². The Bertz CT molecular complexity index is 626. The Labute approximate surface area is 181 Å². The van der Waals surface area contributed by atoms with Crippen LogP contribution in [0, 0.1) is 5.92 Å². The molecule has 0 spiro atoms. The van der Waals surface area contributed by atoms with Crippen molar-refractivity contribution < 1.29 is 24.3 Å². The molecule has 0 aromatic carbocycles. The SMILES string of the molecule is CC(C)CC(N)C(=O)NC(CS)C(=O)NC(CCCN=C(N)N)C(=O)NCC(=O)O. The fourth-order valence-electron chi connectivity index (χ4n) is 2.42. The normalized spacial score (nSPS) is 13.6. The zero-order chi connectivity index (χ0) is 23.3. The van der Waals surface area contributed by atoms with E-state index in [1.54, 1.807) is 0 Å². The van der Waals surface area contributed by atoms with E-state index in [9.17, 15) is 19.2 Å². The molecule has 0 aliphatic rings. The molecule has 0 aliphatic carbocycles. The van der Waals surface area contributed by atoms with Crippen LogP contribution in [0.25, 0.3) is 0 Å². The highest BCUT2D eigenvalue weighted by atomic mass is 32.1. The molecule has 0 bridgehead atoms. The molecule has 3 unspecified atom stereocenters. The monoisotopic (exact) mass is 447 g/mol. The summed E-state index contributed by atoms with van der Waals surface area (Å²) in [5, 5.41) is 16.0. The first-order chi connectivity index (χ1) is 14.0. The van der Waals surface area contributed by atoms with Gasteiger partial charge in [-0.05, 0) is 25.2 Å². The van der Waals surface area contributed by atoms with Crippen LogP contribution in [0.2, 0.25) is 0 Å². The predicted molar refractivity (Wildman–Crippen MR) is 116 cm³/mol. The zero-order valence-electron chi connectivity index (χ0n) is 17.3. The molecule has 172 valence electrons. The number of carboxylic acids is 1. The number of carboxylic acid groups (broad SMARTS) is 1. The molecule has 0 saturated heterocycles. The van der Waals surface area contributed by atoms with Crippen molar-refractivity contribution in [2.75, 3.05) is 18.8 Å². The standard InChI is InChI=1S/C17H33N7O5S/c1-9(2)6-10(18)14(27)24-12(8-30)16(29)23-11(4-3-5-21-17(19)20)15(28)22-7-13(25)26/h9-12,30H,3-8,18H2,1-2H3,(H,22,28)(H,23,29)(H,24,27)(H,25,26)(H4,19,20,21). The average molecular weight is 448 g/mol. The van der Waals surface area contributed by atoms with Crippen LogP contribution in [-0.2, 0) is 19.2 Å². The van der Waals surface area contributed by atoms with Gasteiger partial charge in [0.25, 0.3) is 0 Å². The van der Waals surface area contributed by atoms with Crippen LogP contribution in [0.15, 0.2) is 4.99 Å². The van der Waals surface area contributed by atoms with Gasteiger partial charge in [-0.25, -0.2) is 0 Å². The van der Waals surface area contributed by atoms with Crippen molar-refractivity contribution in [2.45, 2.75) is 51.2 Å². The van der Waals surface area contributed by atoms with E-state index in [1.807, 2.05) is 13.8 Å². The number of nitrogens with two attached hydrogens (primary N) is 3. The molecule has 3 atom stereocenters. The minimum atomic E-state index is -1.23. The number of thiol groups is 1. The van der Waals surface area contributed by atoms with Crippen molar-refractivity contribution >= 4 is 42.3 Å². The summed E-state index contributed by atoms with van der Waals surface area (Å²) in [5.74, 6) is -3.00. The molecule has 0 rings (SSSR count). The quantitative estimate of drug-likeness (QED) is 0.0615. The van der Waals surface area contributed by atoms with Gasteiger partial charge in [0.2, 0.25) is 17.7 Å². The Morgan fingerprint density at radius 3 is 2.13 bits per heavy atom. The fourth-order valence-corrected chi connectivity index (χ4v) is 2.68. The summed E-state index contributed by atoms with van der Waals surface area (Å²) in [6, 6.07) is -2.85. The van der Waals surface area contributed by atoms with Crippen molar-refractivity contribution in [3.8, 4) is 0 Å². The Morgan fingerprint density at radius 2 is 1.63 bits per heavy atom. The van der Waals surface area contributed by atoms with Crippen LogP contribution in [-0.4, -0.2) is 71.7 Å². The van der Waals surface area contributed by atoms with Crippen LogP contribution >= 0.6 is 12.6 Å². The maximum atomic E-state index is 12.6. The van der Waals surface area contributed by atoms with Gasteiger partial charge in [0.1, 0.15) is 18.6 Å². The van der Waals surface area contributed by atoms with Crippen molar-refractivity contribution in [3.63, 3.8) is 0 Å². The van der Waals surface area contributed by atoms with Gasteiger partial charge in [-0.15, -0.1) is 0 Å². The van der Waals surface area contributed by atoms with Crippen LogP contribution in [0.1, 0.15) is 33.1 Å². The van der Waals surface area contributed by atoms with Gasteiger partial charge >= 0.3 is 5.97 Å². The third kappa shape index (κ3) is 12.1. The Morgan fingerprint density at radius 1 is 1.03 bits per heavy atom. The lowest BCUT2D eigenvalue weighted by Crippen LogP contribution is -2.56. The number of nitrogens with zero attached hydrogens (tertiary/aromatic N) is 1. The minimum Gasteiger partial charge on any atom is -0.480 e. The summed E-state index contributed by atoms with van der Waals surface area (Å²) in [6.07, 6.45) is 0.937. The fraction of sp³-hybridized carbons (Fsp3) is 0.706. The van der Waals surface area contributed by atoms with Gasteiger partial charge in [0.15, 0.2) is 5.96 Å². The molecule has 12 nitrogen and oxygen atoms in total. The number of hydrogen-bond acceptors (Lipinski definition) is 7. The summed E-state index contributed by atoms with van der Waals surface area (Å²) in [6.45, 7) is 3.45. The largest absolute Gasteiger partial charge is 0.480 e. The second kappa shape index (κ2) is 14.4. The number of aliphatic carboxylic acids is 1. The lowest BCUT2D eigenvalue weighted by Gasteiger charge is -2.23. The number of carbonyl (C=O) groups is 4. The van der Waals surface area contributed by atoms with E-state index in [2.05, 4.69) is 33.6 Å². The van der Waals surface area contributed by atoms with E-state index in [4.69, 9.17) is 22.3 Å². The summed E-state index contributed by atoms with van der Waals surface area (Å²) in [7, 11) is 0. The first kappa shape index (κ1) is 27.5. The number of rotatable bonds is 14. The van der Waals surface area contributed by atoms with E-state index in [0.29, 0.717) is 12.8 Å². The smallest absolute Gasteiger partial charge is 0.322 e. The lowest BCUT2D eigenvalue weighted by atomic mass is 10.0. The second-order valence-electron chi connectivity index (χ2n) is 7.10. The predicted octanol–water partition coefficient (Wildman–Crippen LogP) is -2.49. The molecular formula is C17H33N7O5S. The maximum absolute atomic E-state index is 12.6.